The Morgan fingerprint density at radius 2 is 2.00 bits per heavy atom. The highest BCUT2D eigenvalue weighted by Crippen LogP contribution is 2.22. The van der Waals surface area contributed by atoms with Gasteiger partial charge in [0, 0.05) is 10.6 Å². The number of hydrogen-bond acceptors (Lipinski definition) is 2. The quantitative estimate of drug-likeness (QED) is 0.562. The van der Waals surface area contributed by atoms with Crippen molar-refractivity contribution in [3.63, 3.8) is 0 Å². The Balaban J connectivity index is 2.32. The maximum Gasteiger partial charge on any atom is 0.00720 e. The van der Waals surface area contributed by atoms with Crippen LogP contribution in [-0.2, 0) is 0 Å². The second kappa shape index (κ2) is 7.24. The van der Waals surface area contributed by atoms with Crippen molar-refractivity contribution in [3.05, 3.63) is 30.3 Å². The van der Waals surface area contributed by atoms with Crippen LogP contribution in [-0.4, -0.2) is 11.5 Å². The predicted molar refractivity (Wildman–Crippen MR) is 69.4 cm³/mol. The highest BCUT2D eigenvalue weighted by Gasteiger charge is 2.05. The van der Waals surface area contributed by atoms with Gasteiger partial charge in [0.05, 0.1) is 0 Å². The van der Waals surface area contributed by atoms with Crippen LogP contribution >= 0.6 is 24.4 Å². The molecule has 0 saturated carbocycles. The molecule has 1 atom stereocenters. The first-order chi connectivity index (χ1) is 6.86. The summed E-state index contributed by atoms with van der Waals surface area (Å²) in [4.78, 5) is 1.37. The molecule has 0 spiro atoms. The number of thioether (sulfide) groups is 1. The van der Waals surface area contributed by atoms with Crippen molar-refractivity contribution in [2.75, 3.05) is 11.5 Å². The highest BCUT2D eigenvalue weighted by molar-refractivity contribution is 7.99. The molecule has 0 aliphatic heterocycles. The second-order valence-electron chi connectivity index (χ2n) is 3.46. The van der Waals surface area contributed by atoms with Gasteiger partial charge in [-0.3, -0.25) is 0 Å². The Labute approximate surface area is 96.9 Å². The van der Waals surface area contributed by atoms with Gasteiger partial charge in [-0.25, -0.2) is 0 Å². The van der Waals surface area contributed by atoms with E-state index in [1.54, 1.807) is 0 Å². The lowest BCUT2D eigenvalue weighted by atomic mass is 10.1. The fourth-order valence-electron chi connectivity index (χ4n) is 1.37. The molecule has 0 nitrogen and oxygen atoms in total. The van der Waals surface area contributed by atoms with E-state index in [0.29, 0.717) is 0 Å². The van der Waals surface area contributed by atoms with Crippen molar-refractivity contribution in [3.8, 4) is 0 Å². The third kappa shape index (κ3) is 4.43. The number of thiol groups is 1. The molecular weight excluding hydrogens is 208 g/mol. The summed E-state index contributed by atoms with van der Waals surface area (Å²) < 4.78 is 0. The van der Waals surface area contributed by atoms with Crippen LogP contribution in [0.4, 0.5) is 0 Å². The lowest BCUT2D eigenvalue weighted by Gasteiger charge is -2.12. The lowest BCUT2D eigenvalue weighted by Crippen LogP contribution is -2.04. The smallest absolute Gasteiger partial charge is 0.00720 e. The minimum atomic E-state index is 0.758. The van der Waals surface area contributed by atoms with Crippen LogP contribution < -0.4 is 0 Å². The maximum atomic E-state index is 4.38. The average Bonchev–Trinajstić information content (AvgIpc) is 2.25. The molecular formula is C12H18S2. The molecule has 1 rings (SSSR count). The van der Waals surface area contributed by atoms with Crippen molar-refractivity contribution in [2.45, 2.75) is 24.7 Å². The van der Waals surface area contributed by atoms with E-state index in [1.807, 2.05) is 11.8 Å². The predicted octanol–water partition coefficient (Wildman–Crippen LogP) is 4.12. The zero-order chi connectivity index (χ0) is 10.2. The number of benzene rings is 1. The van der Waals surface area contributed by atoms with E-state index in [0.717, 1.165) is 11.7 Å². The first-order valence-electron chi connectivity index (χ1n) is 5.15. The van der Waals surface area contributed by atoms with Crippen LogP contribution in [0.2, 0.25) is 0 Å². The van der Waals surface area contributed by atoms with Crippen LogP contribution in [0.3, 0.4) is 0 Å². The van der Waals surface area contributed by atoms with Gasteiger partial charge in [0.25, 0.3) is 0 Å². The summed E-state index contributed by atoms with van der Waals surface area (Å²) in [6.07, 6.45) is 2.56. The van der Waals surface area contributed by atoms with E-state index in [-0.39, 0.29) is 0 Å². The molecule has 2 heteroatoms. The highest BCUT2D eigenvalue weighted by atomic mass is 32.2. The van der Waals surface area contributed by atoms with Crippen LogP contribution in [0, 0.1) is 5.92 Å². The van der Waals surface area contributed by atoms with Gasteiger partial charge in [-0.05, 0) is 30.2 Å². The van der Waals surface area contributed by atoms with Gasteiger partial charge in [-0.2, -0.15) is 12.6 Å². The zero-order valence-electron chi connectivity index (χ0n) is 8.65. The van der Waals surface area contributed by atoms with Crippen LogP contribution in [0.15, 0.2) is 35.2 Å². The third-order valence-corrected chi connectivity index (χ3v) is 3.94. The monoisotopic (exact) mass is 226 g/mol. The van der Waals surface area contributed by atoms with E-state index in [9.17, 15) is 0 Å². The normalized spacial score (nSPS) is 12.7. The van der Waals surface area contributed by atoms with E-state index >= 15 is 0 Å². The molecule has 1 aromatic carbocycles. The van der Waals surface area contributed by atoms with Crippen molar-refractivity contribution >= 4 is 24.4 Å². The molecule has 0 saturated heterocycles. The van der Waals surface area contributed by atoms with Gasteiger partial charge in [0.2, 0.25) is 0 Å². The second-order valence-corrected chi connectivity index (χ2v) is 4.92. The molecule has 0 aliphatic carbocycles. The largest absolute Gasteiger partial charge is 0.179 e. The number of hydrogen-bond donors (Lipinski definition) is 1. The summed E-state index contributed by atoms with van der Waals surface area (Å²) in [5, 5.41) is 0. The molecule has 0 N–H and O–H groups in total. The molecule has 78 valence electrons. The third-order valence-electron chi connectivity index (χ3n) is 2.18. The Morgan fingerprint density at radius 1 is 1.29 bits per heavy atom. The average molecular weight is 226 g/mol. The molecule has 0 heterocycles. The fraction of sp³-hybridized carbons (Fsp3) is 0.500. The summed E-state index contributed by atoms with van der Waals surface area (Å²) in [5.41, 5.74) is 0. The minimum Gasteiger partial charge on any atom is -0.179 e. The Hall–Kier alpha value is -0.0800. The van der Waals surface area contributed by atoms with E-state index in [1.165, 1.54) is 23.5 Å². The number of rotatable bonds is 6. The minimum absolute atomic E-state index is 0.758. The first kappa shape index (κ1) is 12.0. The fourth-order valence-corrected chi connectivity index (χ4v) is 2.91. The van der Waals surface area contributed by atoms with Crippen molar-refractivity contribution < 1.29 is 0 Å². The van der Waals surface area contributed by atoms with E-state index in [4.69, 9.17) is 0 Å². The Kier molecular flexibility index (Phi) is 6.20. The zero-order valence-corrected chi connectivity index (χ0v) is 10.4. The van der Waals surface area contributed by atoms with Crippen LogP contribution in [0.1, 0.15) is 19.8 Å². The summed E-state index contributed by atoms with van der Waals surface area (Å²) in [6, 6.07) is 10.6. The van der Waals surface area contributed by atoms with Gasteiger partial charge < -0.3 is 0 Å². The Morgan fingerprint density at radius 3 is 2.57 bits per heavy atom. The van der Waals surface area contributed by atoms with Gasteiger partial charge in [-0.1, -0.05) is 31.5 Å². The molecule has 1 unspecified atom stereocenters. The summed E-state index contributed by atoms with van der Waals surface area (Å²) in [6.45, 7) is 2.24. The standard InChI is InChI=1S/C12H18S2/c1-2-6-11(9-13)10-14-12-7-4-3-5-8-12/h3-5,7-8,11,13H,2,6,9-10H2,1H3. The molecule has 0 aliphatic rings. The topological polar surface area (TPSA) is 0 Å². The van der Waals surface area contributed by atoms with Crippen LogP contribution in [0.25, 0.3) is 0 Å². The van der Waals surface area contributed by atoms with E-state index in [2.05, 4.69) is 49.9 Å². The van der Waals surface area contributed by atoms with Crippen LogP contribution in [0.5, 0.6) is 0 Å². The molecule has 1 aromatic rings. The van der Waals surface area contributed by atoms with E-state index < -0.39 is 0 Å². The summed E-state index contributed by atoms with van der Waals surface area (Å²) in [5.74, 6) is 2.96. The molecule has 0 bridgehead atoms. The van der Waals surface area contributed by atoms with Crippen molar-refractivity contribution in [1.82, 2.24) is 0 Å². The molecule has 14 heavy (non-hydrogen) atoms. The molecule has 0 amide bonds. The van der Waals surface area contributed by atoms with Gasteiger partial charge in [0.1, 0.15) is 0 Å². The summed E-state index contributed by atoms with van der Waals surface area (Å²) in [7, 11) is 0. The molecule has 0 fully saturated rings. The molecule has 0 aromatic heterocycles. The first-order valence-corrected chi connectivity index (χ1v) is 6.77. The Bertz CT molecular complexity index is 233. The van der Waals surface area contributed by atoms with Gasteiger partial charge in [0.15, 0.2) is 0 Å². The van der Waals surface area contributed by atoms with Crippen molar-refractivity contribution in [1.29, 1.82) is 0 Å². The van der Waals surface area contributed by atoms with Gasteiger partial charge in [-0.15, -0.1) is 11.8 Å². The van der Waals surface area contributed by atoms with Crippen molar-refractivity contribution in [2.24, 2.45) is 5.92 Å². The maximum absolute atomic E-state index is 4.38. The summed E-state index contributed by atoms with van der Waals surface area (Å²) >= 11 is 6.33. The SMILES string of the molecule is CCCC(CS)CSc1ccccc1. The lowest BCUT2D eigenvalue weighted by molar-refractivity contribution is 0.595. The molecule has 0 radical (unpaired) electrons. The van der Waals surface area contributed by atoms with Gasteiger partial charge >= 0.3 is 0 Å².